The highest BCUT2D eigenvalue weighted by molar-refractivity contribution is 7.15. The van der Waals surface area contributed by atoms with Gasteiger partial charge in [0, 0.05) is 10.9 Å². The fourth-order valence-corrected chi connectivity index (χ4v) is 2.22. The van der Waals surface area contributed by atoms with Crippen LogP contribution >= 0.6 is 11.3 Å². The maximum atomic E-state index is 8.81. The molecule has 2 rings (SSSR count). The van der Waals surface area contributed by atoms with E-state index in [1.54, 1.807) is 16.0 Å². The van der Waals surface area contributed by atoms with Gasteiger partial charge in [0.15, 0.2) is 0 Å². The lowest BCUT2D eigenvalue weighted by atomic mass is 10.3. The highest BCUT2D eigenvalue weighted by Gasteiger charge is 2.08. The van der Waals surface area contributed by atoms with Crippen molar-refractivity contribution in [2.24, 2.45) is 0 Å². The molecule has 3 N–H and O–H groups in total. The number of aliphatic hydroxyl groups excluding tert-OH is 1. The summed E-state index contributed by atoms with van der Waals surface area (Å²) in [4.78, 5) is 2.36. The Bertz CT molecular complexity index is 461. The molecule has 0 saturated carbocycles. The number of aromatic nitrogens is 2. The number of rotatable bonds is 3. The van der Waals surface area contributed by atoms with Crippen molar-refractivity contribution in [3.63, 3.8) is 0 Å². The Balaban J connectivity index is 2.33. The van der Waals surface area contributed by atoms with Crippen LogP contribution in [0.1, 0.15) is 4.88 Å². The Morgan fingerprint density at radius 2 is 2.33 bits per heavy atom. The molecule has 2 heterocycles. The first-order chi connectivity index (χ1) is 7.20. The van der Waals surface area contributed by atoms with E-state index in [2.05, 4.69) is 18.1 Å². The maximum absolute atomic E-state index is 8.81. The van der Waals surface area contributed by atoms with Gasteiger partial charge < -0.3 is 10.8 Å². The molecule has 0 radical (unpaired) electrons. The van der Waals surface area contributed by atoms with E-state index in [1.807, 2.05) is 12.1 Å². The predicted molar refractivity (Wildman–Crippen MR) is 61.8 cm³/mol. The van der Waals surface area contributed by atoms with E-state index in [4.69, 9.17) is 10.8 Å². The van der Waals surface area contributed by atoms with Gasteiger partial charge >= 0.3 is 0 Å². The lowest BCUT2D eigenvalue weighted by Crippen LogP contribution is -2.07. The molecule has 4 nitrogen and oxygen atoms in total. The van der Waals surface area contributed by atoms with Gasteiger partial charge in [0.25, 0.3) is 0 Å². The molecule has 5 heteroatoms. The number of nitrogens with two attached hydrogens (primary N) is 1. The lowest BCUT2D eigenvalue weighted by Gasteiger charge is -1.98. The Kier molecular flexibility index (Phi) is 2.75. The van der Waals surface area contributed by atoms with Crippen LogP contribution in [0, 0.1) is 6.92 Å². The SMILES string of the molecule is Cc1ccc(-c2cc(N)n(CCO)n2)s1. The molecule has 0 saturated heterocycles. The van der Waals surface area contributed by atoms with Crippen LogP contribution in [-0.4, -0.2) is 21.5 Å². The number of thiophene rings is 1. The standard InChI is InChI=1S/C10H13N3OS/c1-7-2-3-9(15-7)8-6-10(11)13(12-8)4-5-14/h2-3,6,14H,4-5,11H2,1H3. The van der Waals surface area contributed by atoms with Gasteiger partial charge in [-0.1, -0.05) is 0 Å². The second kappa shape index (κ2) is 4.04. The first-order valence-electron chi connectivity index (χ1n) is 4.71. The van der Waals surface area contributed by atoms with Crippen molar-refractivity contribution in [1.82, 2.24) is 9.78 Å². The molecule has 0 aliphatic heterocycles. The Morgan fingerprint density at radius 1 is 1.53 bits per heavy atom. The Labute approximate surface area is 92.0 Å². The highest BCUT2D eigenvalue weighted by Crippen LogP contribution is 2.27. The zero-order valence-electron chi connectivity index (χ0n) is 8.47. The molecule has 0 aliphatic rings. The molecular formula is C10H13N3OS. The van der Waals surface area contributed by atoms with E-state index < -0.39 is 0 Å². The third kappa shape index (κ3) is 2.03. The van der Waals surface area contributed by atoms with Crippen LogP contribution in [0.15, 0.2) is 18.2 Å². The molecular weight excluding hydrogens is 210 g/mol. The number of hydrogen-bond acceptors (Lipinski definition) is 4. The summed E-state index contributed by atoms with van der Waals surface area (Å²) in [5, 5.41) is 13.1. The van der Waals surface area contributed by atoms with E-state index in [9.17, 15) is 0 Å². The van der Waals surface area contributed by atoms with E-state index >= 15 is 0 Å². The van der Waals surface area contributed by atoms with Gasteiger partial charge in [0.1, 0.15) is 11.5 Å². The maximum Gasteiger partial charge on any atom is 0.122 e. The summed E-state index contributed by atoms with van der Waals surface area (Å²) in [5.41, 5.74) is 6.64. The van der Waals surface area contributed by atoms with Crippen molar-refractivity contribution in [1.29, 1.82) is 0 Å². The van der Waals surface area contributed by atoms with Gasteiger partial charge in [-0.2, -0.15) is 5.10 Å². The fourth-order valence-electron chi connectivity index (χ4n) is 1.40. The first-order valence-corrected chi connectivity index (χ1v) is 5.53. The fraction of sp³-hybridized carbons (Fsp3) is 0.300. The molecule has 0 unspecified atom stereocenters. The number of anilines is 1. The molecule has 0 bridgehead atoms. The molecule has 0 aromatic carbocycles. The molecule has 0 atom stereocenters. The average Bonchev–Trinajstić information content (AvgIpc) is 2.75. The smallest absolute Gasteiger partial charge is 0.122 e. The third-order valence-corrected chi connectivity index (χ3v) is 3.14. The number of nitrogens with zero attached hydrogens (tertiary/aromatic N) is 2. The van der Waals surface area contributed by atoms with Crippen molar-refractivity contribution in [3.8, 4) is 10.6 Å². The zero-order valence-corrected chi connectivity index (χ0v) is 9.29. The van der Waals surface area contributed by atoms with Gasteiger partial charge in [-0.25, -0.2) is 4.68 Å². The minimum atomic E-state index is 0.0504. The topological polar surface area (TPSA) is 64.1 Å². The van der Waals surface area contributed by atoms with Crippen molar-refractivity contribution >= 4 is 17.2 Å². The van der Waals surface area contributed by atoms with Crippen LogP contribution in [0.2, 0.25) is 0 Å². The molecule has 2 aromatic rings. The van der Waals surface area contributed by atoms with Crippen LogP contribution in [0.5, 0.6) is 0 Å². The Morgan fingerprint density at radius 3 is 2.93 bits per heavy atom. The summed E-state index contributed by atoms with van der Waals surface area (Å²) in [5.74, 6) is 0.588. The van der Waals surface area contributed by atoms with Gasteiger partial charge in [-0.15, -0.1) is 11.3 Å². The summed E-state index contributed by atoms with van der Waals surface area (Å²) in [6, 6.07) is 5.92. The predicted octanol–water partition coefficient (Wildman–Crippen LogP) is 1.49. The number of hydrogen-bond donors (Lipinski definition) is 2. The number of nitrogen functional groups attached to an aromatic ring is 1. The first kappa shape index (κ1) is 10.2. The van der Waals surface area contributed by atoms with Crippen molar-refractivity contribution < 1.29 is 5.11 Å². The monoisotopic (exact) mass is 223 g/mol. The van der Waals surface area contributed by atoms with Crippen molar-refractivity contribution in [3.05, 3.63) is 23.1 Å². The second-order valence-electron chi connectivity index (χ2n) is 3.31. The molecule has 0 spiro atoms. The Hall–Kier alpha value is -1.33. The van der Waals surface area contributed by atoms with Crippen LogP contribution in [0.3, 0.4) is 0 Å². The summed E-state index contributed by atoms with van der Waals surface area (Å²) < 4.78 is 1.62. The van der Waals surface area contributed by atoms with Crippen LogP contribution in [0.4, 0.5) is 5.82 Å². The molecule has 2 aromatic heterocycles. The zero-order chi connectivity index (χ0) is 10.8. The van der Waals surface area contributed by atoms with Gasteiger partial charge in [0.2, 0.25) is 0 Å². The summed E-state index contributed by atoms with van der Waals surface area (Å²) in [6.07, 6.45) is 0. The molecule has 0 aliphatic carbocycles. The number of aliphatic hydroxyl groups is 1. The molecule has 80 valence electrons. The molecule has 0 amide bonds. The quantitative estimate of drug-likeness (QED) is 0.828. The van der Waals surface area contributed by atoms with Crippen molar-refractivity contribution in [2.75, 3.05) is 12.3 Å². The summed E-state index contributed by atoms with van der Waals surface area (Å²) in [6.45, 7) is 2.55. The highest BCUT2D eigenvalue weighted by atomic mass is 32.1. The number of aryl methyl sites for hydroxylation is 1. The van der Waals surface area contributed by atoms with E-state index in [1.165, 1.54) is 4.88 Å². The van der Waals surface area contributed by atoms with Crippen LogP contribution < -0.4 is 5.73 Å². The van der Waals surface area contributed by atoms with Crippen LogP contribution in [-0.2, 0) is 6.54 Å². The minimum Gasteiger partial charge on any atom is -0.394 e. The molecule has 15 heavy (non-hydrogen) atoms. The second-order valence-corrected chi connectivity index (χ2v) is 4.60. The minimum absolute atomic E-state index is 0.0504. The van der Waals surface area contributed by atoms with Crippen LogP contribution in [0.25, 0.3) is 10.6 Å². The van der Waals surface area contributed by atoms with Gasteiger partial charge in [-0.05, 0) is 19.1 Å². The third-order valence-electron chi connectivity index (χ3n) is 2.12. The van der Waals surface area contributed by atoms with E-state index in [0.717, 1.165) is 10.6 Å². The van der Waals surface area contributed by atoms with E-state index in [-0.39, 0.29) is 6.61 Å². The normalized spacial score (nSPS) is 10.8. The average molecular weight is 223 g/mol. The van der Waals surface area contributed by atoms with Gasteiger partial charge in [-0.3, -0.25) is 0 Å². The summed E-state index contributed by atoms with van der Waals surface area (Å²) >= 11 is 1.69. The van der Waals surface area contributed by atoms with E-state index in [0.29, 0.717) is 12.4 Å². The summed E-state index contributed by atoms with van der Waals surface area (Å²) in [7, 11) is 0. The van der Waals surface area contributed by atoms with Crippen molar-refractivity contribution in [2.45, 2.75) is 13.5 Å². The molecule has 0 fully saturated rings. The lowest BCUT2D eigenvalue weighted by molar-refractivity contribution is 0.270. The van der Waals surface area contributed by atoms with Gasteiger partial charge in [0.05, 0.1) is 18.0 Å². The largest absolute Gasteiger partial charge is 0.394 e.